The molecule has 1 heterocycles. The van der Waals surface area contributed by atoms with Crippen molar-refractivity contribution in [1.82, 2.24) is 9.62 Å². The summed E-state index contributed by atoms with van der Waals surface area (Å²) in [6.45, 7) is 3.80. The molecular formula is C15H21Cl2N3O3S. The van der Waals surface area contributed by atoms with E-state index in [-0.39, 0.29) is 39.2 Å². The summed E-state index contributed by atoms with van der Waals surface area (Å²) in [6, 6.07) is 4.46. The lowest BCUT2D eigenvalue weighted by molar-refractivity contribution is -0.130. The highest BCUT2D eigenvalue weighted by Crippen LogP contribution is 2.30. The van der Waals surface area contributed by atoms with Gasteiger partial charge in [-0.25, -0.2) is 13.1 Å². The number of sulfonamides is 1. The third kappa shape index (κ3) is 4.40. The number of carbonyl (C=O) groups is 1. The van der Waals surface area contributed by atoms with Gasteiger partial charge in [-0.1, -0.05) is 36.2 Å². The first kappa shape index (κ1) is 19.5. The Morgan fingerprint density at radius 2 is 2.00 bits per heavy atom. The maximum atomic E-state index is 12.3. The lowest BCUT2D eigenvalue weighted by Gasteiger charge is -2.22. The molecule has 0 aliphatic carbocycles. The minimum Gasteiger partial charge on any atom is -0.342 e. The van der Waals surface area contributed by atoms with Crippen molar-refractivity contribution in [3.05, 3.63) is 28.2 Å². The molecule has 0 saturated carbocycles. The van der Waals surface area contributed by atoms with E-state index in [1.54, 1.807) is 11.0 Å². The third-order valence-corrected chi connectivity index (χ3v) is 6.64. The van der Waals surface area contributed by atoms with E-state index in [4.69, 9.17) is 28.9 Å². The SMILES string of the molecule is CC1(CN)CCN(C(=O)CCNS(=O)(=O)c2c(Cl)cccc2Cl)C1. The molecule has 0 radical (unpaired) electrons. The fraction of sp³-hybridized carbons (Fsp3) is 0.533. The molecule has 0 aromatic heterocycles. The summed E-state index contributed by atoms with van der Waals surface area (Å²) in [7, 11) is -3.87. The van der Waals surface area contributed by atoms with Crippen LogP contribution in [0.3, 0.4) is 0 Å². The first-order valence-corrected chi connectivity index (χ1v) is 9.84. The summed E-state index contributed by atoms with van der Waals surface area (Å²) in [5.74, 6) is -0.0971. The Morgan fingerprint density at radius 3 is 2.54 bits per heavy atom. The van der Waals surface area contributed by atoms with Gasteiger partial charge in [-0.05, 0) is 30.5 Å². The lowest BCUT2D eigenvalue weighted by Crippen LogP contribution is -2.36. The van der Waals surface area contributed by atoms with E-state index in [0.717, 1.165) is 6.42 Å². The van der Waals surface area contributed by atoms with Crippen LogP contribution in [0.15, 0.2) is 23.1 Å². The molecule has 3 N–H and O–H groups in total. The number of nitrogens with one attached hydrogen (secondary N) is 1. The zero-order valence-corrected chi connectivity index (χ0v) is 15.7. The second kappa shape index (κ2) is 7.58. The Bertz CT molecular complexity index is 706. The number of halogens is 2. The van der Waals surface area contributed by atoms with Gasteiger partial charge < -0.3 is 10.6 Å². The van der Waals surface area contributed by atoms with E-state index < -0.39 is 10.0 Å². The highest BCUT2D eigenvalue weighted by atomic mass is 35.5. The molecule has 1 aromatic carbocycles. The van der Waals surface area contributed by atoms with Gasteiger partial charge in [-0.3, -0.25) is 4.79 Å². The largest absolute Gasteiger partial charge is 0.342 e. The molecule has 1 atom stereocenters. The minimum atomic E-state index is -3.87. The van der Waals surface area contributed by atoms with Gasteiger partial charge in [-0.15, -0.1) is 0 Å². The number of likely N-dealkylation sites (tertiary alicyclic amines) is 1. The summed E-state index contributed by atoms with van der Waals surface area (Å²) in [5.41, 5.74) is 5.67. The third-order valence-electron chi connectivity index (χ3n) is 4.22. The fourth-order valence-electron chi connectivity index (χ4n) is 2.67. The first-order chi connectivity index (χ1) is 11.2. The summed E-state index contributed by atoms with van der Waals surface area (Å²) in [6.07, 6.45) is 0.929. The summed E-state index contributed by atoms with van der Waals surface area (Å²) >= 11 is 11.8. The predicted molar refractivity (Wildman–Crippen MR) is 94.6 cm³/mol. The van der Waals surface area contributed by atoms with Crippen LogP contribution in [-0.2, 0) is 14.8 Å². The van der Waals surface area contributed by atoms with E-state index >= 15 is 0 Å². The van der Waals surface area contributed by atoms with Gasteiger partial charge in [0.25, 0.3) is 0 Å². The van der Waals surface area contributed by atoms with Crippen molar-refractivity contribution in [2.24, 2.45) is 11.1 Å². The number of nitrogens with zero attached hydrogens (tertiary/aromatic N) is 1. The molecule has 1 amide bonds. The van der Waals surface area contributed by atoms with Gasteiger partial charge in [0.05, 0.1) is 10.0 Å². The molecule has 24 heavy (non-hydrogen) atoms. The molecule has 0 bridgehead atoms. The van der Waals surface area contributed by atoms with E-state index in [2.05, 4.69) is 4.72 Å². The van der Waals surface area contributed by atoms with E-state index in [9.17, 15) is 13.2 Å². The number of rotatable bonds is 6. The Hall–Kier alpha value is -0.860. The monoisotopic (exact) mass is 393 g/mol. The van der Waals surface area contributed by atoms with Gasteiger partial charge in [-0.2, -0.15) is 0 Å². The van der Waals surface area contributed by atoms with Crippen LogP contribution in [0.1, 0.15) is 19.8 Å². The van der Waals surface area contributed by atoms with E-state index in [1.807, 2.05) is 6.92 Å². The van der Waals surface area contributed by atoms with Gasteiger partial charge in [0.15, 0.2) is 0 Å². The van der Waals surface area contributed by atoms with Crippen molar-refractivity contribution in [3.63, 3.8) is 0 Å². The van der Waals surface area contributed by atoms with Crippen LogP contribution >= 0.6 is 23.2 Å². The average molecular weight is 394 g/mol. The lowest BCUT2D eigenvalue weighted by atomic mass is 9.90. The Morgan fingerprint density at radius 1 is 1.38 bits per heavy atom. The zero-order chi connectivity index (χ0) is 18.0. The van der Waals surface area contributed by atoms with Crippen molar-refractivity contribution < 1.29 is 13.2 Å². The van der Waals surface area contributed by atoms with Gasteiger partial charge in [0, 0.05) is 26.1 Å². The van der Waals surface area contributed by atoms with Crippen LogP contribution in [0, 0.1) is 5.41 Å². The van der Waals surface area contributed by atoms with Crippen molar-refractivity contribution >= 4 is 39.1 Å². The molecule has 1 fully saturated rings. The zero-order valence-electron chi connectivity index (χ0n) is 13.4. The Labute approximate surface area is 152 Å². The number of amides is 1. The van der Waals surface area contributed by atoms with Crippen molar-refractivity contribution in [1.29, 1.82) is 0 Å². The maximum absolute atomic E-state index is 12.3. The molecule has 6 nitrogen and oxygen atoms in total. The topological polar surface area (TPSA) is 92.5 Å². The van der Waals surface area contributed by atoms with E-state index in [0.29, 0.717) is 19.6 Å². The highest BCUT2D eigenvalue weighted by molar-refractivity contribution is 7.89. The molecule has 9 heteroatoms. The summed E-state index contributed by atoms with van der Waals surface area (Å²) in [4.78, 5) is 13.8. The van der Waals surface area contributed by atoms with Crippen molar-refractivity contribution in [2.45, 2.75) is 24.7 Å². The molecule has 0 spiro atoms. The van der Waals surface area contributed by atoms with Gasteiger partial charge in [0.1, 0.15) is 4.90 Å². The van der Waals surface area contributed by atoms with Crippen LogP contribution in [0.25, 0.3) is 0 Å². The van der Waals surface area contributed by atoms with E-state index in [1.165, 1.54) is 12.1 Å². The Balaban J connectivity index is 1.93. The summed E-state index contributed by atoms with van der Waals surface area (Å²) in [5, 5.41) is 0.0826. The normalized spacial score (nSPS) is 21.2. The van der Waals surface area contributed by atoms with Crippen LogP contribution in [0.2, 0.25) is 10.0 Å². The smallest absolute Gasteiger partial charge is 0.243 e. The fourth-order valence-corrected chi connectivity index (χ4v) is 4.84. The first-order valence-electron chi connectivity index (χ1n) is 7.60. The predicted octanol–water partition coefficient (Wildman–Crippen LogP) is 1.86. The van der Waals surface area contributed by atoms with Crippen LogP contribution in [0.5, 0.6) is 0 Å². The Kier molecular flexibility index (Phi) is 6.14. The number of carbonyl (C=O) groups excluding carboxylic acids is 1. The molecule has 1 saturated heterocycles. The van der Waals surface area contributed by atoms with Crippen molar-refractivity contribution in [3.8, 4) is 0 Å². The second-order valence-corrected chi connectivity index (χ2v) is 8.80. The standard InChI is InChI=1S/C15H21Cl2N3O3S/c1-15(9-18)6-8-20(10-15)13(21)5-7-19-24(22,23)14-11(16)3-2-4-12(14)17/h2-4,19H,5-10,18H2,1H3. The van der Waals surface area contributed by atoms with Gasteiger partial charge in [0.2, 0.25) is 15.9 Å². The highest BCUT2D eigenvalue weighted by Gasteiger charge is 2.34. The number of hydrogen-bond donors (Lipinski definition) is 2. The quantitative estimate of drug-likeness (QED) is 0.771. The van der Waals surface area contributed by atoms with Crippen LogP contribution in [0.4, 0.5) is 0 Å². The molecule has 1 unspecified atom stereocenters. The molecule has 2 rings (SSSR count). The number of nitrogens with two attached hydrogens (primary N) is 1. The van der Waals surface area contributed by atoms with Crippen LogP contribution in [-0.4, -0.2) is 45.4 Å². The maximum Gasteiger partial charge on any atom is 0.243 e. The molecule has 134 valence electrons. The van der Waals surface area contributed by atoms with Crippen molar-refractivity contribution in [2.75, 3.05) is 26.2 Å². The van der Waals surface area contributed by atoms with Gasteiger partial charge >= 0.3 is 0 Å². The van der Waals surface area contributed by atoms with Crippen LogP contribution < -0.4 is 10.5 Å². The molecule has 1 aliphatic heterocycles. The molecular weight excluding hydrogens is 373 g/mol. The average Bonchev–Trinajstić information content (AvgIpc) is 2.90. The number of hydrogen-bond acceptors (Lipinski definition) is 4. The minimum absolute atomic E-state index is 0.0153. The molecule has 1 aliphatic rings. The number of benzene rings is 1. The molecule has 1 aromatic rings. The second-order valence-electron chi connectivity index (χ2n) is 6.28. The summed E-state index contributed by atoms with van der Waals surface area (Å²) < 4.78 is 27.0.